The number of hydrogen-bond acceptors (Lipinski definition) is 3. The molecule has 0 atom stereocenters. The van der Waals surface area contributed by atoms with Crippen LogP contribution >= 0.6 is 11.6 Å². The molecule has 1 heterocycles. The predicted octanol–water partition coefficient (Wildman–Crippen LogP) is 3.67. The molecule has 0 unspecified atom stereocenters. The summed E-state index contributed by atoms with van der Waals surface area (Å²) in [6, 6.07) is 8.86. The van der Waals surface area contributed by atoms with Crippen LogP contribution < -0.4 is 4.90 Å². The van der Waals surface area contributed by atoms with Crippen LogP contribution in [0.3, 0.4) is 0 Å². The van der Waals surface area contributed by atoms with E-state index in [9.17, 15) is 0 Å². The Morgan fingerprint density at radius 2 is 2.12 bits per heavy atom. The molecule has 0 bridgehead atoms. The number of anilines is 1. The number of oxazole rings is 1. The summed E-state index contributed by atoms with van der Waals surface area (Å²) in [5, 5.41) is 0. The van der Waals surface area contributed by atoms with Crippen LogP contribution in [0, 0.1) is 0 Å². The summed E-state index contributed by atoms with van der Waals surface area (Å²) < 4.78 is 5.76. The molecule has 1 aromatic carbocycles. The third kappa shape index (κ3) is 2.72. The van der Waals surface area contributed by atoms with Gasteiger partial charge in [0.15, 0.2) is 5.58 Å². The number of fused-ring (bicyclic) bond motifs is 1. The van der Waals surface area contributed by atoms with Gasteiger partial charge in [-0.05, 0) is 32.4 Å². The molecule has 1 aromatic heterocycles. The van der Waals surface area contributed by atoms with Gasteiger partial charge in [-0.2, -0.15) is 4.98 Å². The number of halogens is 1. The van der Waals surface area contributed by atoms with E-state index in [1.807, 2.05) is 24.3 Å². The van der Waals surface area contributed by atoms with Gasteiger partial charge < -0.3 is 9.32 Å². The van der Waals surface area contributed by atoms with Crippen molar-refractivity contribution in [1.82, 2.24) is 4.98 Å². The minimum absolute atomic E-state index is 0.353. The van der Waals surface area contributed by atoms with Crippen LogP contribution in [0.2, 0.25) is 0 Å². The van der Waals surface area contributed by atoms with E-state index in [2.05, 4.69) is 23.7 Å². The lowest BCUT2D eigenvalue weighted by Crippen LogP contribution is -2.32. The van der Waals surface area contributed by atoms with E-state index in [4.69, 9.17) is 16.0 Å². The van der Waals surface area contributed by atoms with Crippen LogP contribution in [0.25, 0.3) is 11.1 Å². The fraction of sp³-hybridized carbons (Fsp3) is 0.462. The zero-order valence-electron chi connectivity index (χ0n) is 10.2. The summed E-state index contributed by atoms with van der Waals surface area (Å²) in [6.45, 7) is 5.13. The highest BCUT2D eigenvalue weighted by molar-refractivity contribution is 6.17. The van der Waals surface area contributed by atoms with Crippen LogP contribution in [-0.4, -0.2) is 23.5 Å². The first-order chi connectivity index (χ1) is 8.22. The summed E-state index contributed by atoms with van der Waals surface area (Å²) in [4.78, 5) is 6.64. The Labute approximate surface area is 106 Å². The molecule has 0 radical (unpaired) electrons. The van der Waals surface area contributed by atoms with Crippen molar-refractivity contribution in [3.8, 4) is 0 Å². The fourth-order valence-corrected chi connectivity index (χ4v) is 1.91. The second-order valence-corrected chi connectivity index (χ2v) is 4.67. The summed E-state index contributed by atoms with van der Waals surface area (Å²) >= 11 is 5.74. The third-order valence-corrected chi connectivity index (χ3v) is 2.95. The SMILES string of the molecule is CC(C)N(CCCCl)c1nc2ccccc2o1. The number of benzene rings is 1. The van der Waals surface area contributed by atoms with Crippen molar-refractivity contribution in [2.24, 2.45) is 0 Å². The monoisotopic (exact) mass is 252 g/mol. The van der Waals surface area contributed by atoms with Crippen molar-refractivity contribution in [3.63, 3.8) is 0 Å². The lowest BCUT2D eigenvalue weighted by Gasteiger charge is -2.24. The molecule has 0 aliphatic rings. The molecule has 0 saturated carbocycles. The quantitative estimate of drug-likeness (QED) is 0.761. The summed E-state index contributed by atoms with van der Waals surface area (Å²) in [5.74, 6) is 0.656. The van der Waals surface area contributed by atoms with Crippen molar-refractivity contribution in [1.29, 1.82) is 0 Å². The van der Waals surface area contributed by atoms with E-state index >= 15 is 0 Å². The molecule has 0 fully saturated rings. The fourth-order valence-electron chi connectivity index (χ4n) is 1.79. The highest BCUT2D eigenvalue weighted by Crippen LogP contribution is 2.23. The summed E-state index contributed by atoms with van der Waals surface area (Å²) in [5.41, 5.74) is 1.73. The topological polar surface area (TPSA) is 29.3 Å². The Hall–Kier alpha value is -1.22. The van der Waals surface area contributed by atoms with Crippen molar-refractivity contribution in [3.05, 3.63) is 24.3 Å². The highest BCUT2D eigenvalue weighted by Gasteiger charge is 2.16. The number of alkyl halides is 1. The molecular weight excluding hydrogens is 236 g/mol. The largest absolute Gasteiger partial charge is 0.423 e. The molecule has 17 heavy (non-hydrogen) atoms. The third-order valence-electron chi connectivity index (χ3n) is 2.68. The Balaban J connectivity index is 2.28. The first kappa shape index (κ1) is 12.2. The Bertz CT molecular complexity index is 448. The molecule has 0 spiro atoms. The number of rotatable bonds is 5. The van der Waals surface area contributed by atoms with Gasteiger partial charge in [-0.1, -0.05) is 12.1 Å². The molecule has 2 rings (SSSR count). The van der Waals surface area contributed by atoms with Gasteiger partial charge in [-0.3, -0.25) is 0 Å². The zero-order chi connectivity index (χ0) is 12.3. The molecule has 0 saturated heterocycles. The average Bonchev–Trinajstić information content (AvgIpc) is 2.72. The lowest BCUT2D eigenvalue weighted by atomic mass is 10.3. The van der Waals surface area contributed by atoms with Crippen molar-refractivity contribution >= 4 is 28.7 Å². The average molecular weight is 253 g/mol. The van der Waals surface area contributed by atoms with E-state index < -0.39 is 0 Å². The minimum Gasteiger partial charge on any atom is -0.423 e. The van der Waals surface area contributed by atoms with E-state index in [-0.39, 0.29) is 0 Å². The maximum absolute atomic E-state index is 5.76. The van der Waals surface area contributed by atoms with Gasteiger partial charge in [-0.25, -0.2) is 0 Å². The first-order valence-corrected chi connectivity index (χ1v) is 6.44. The Morgan fingerprint density at radius 3 is 2.76 bits per heavy atom. The van der Waals surface area contributed by atoms with Gasteiger partial charge in [0.1, 0.15) is 5.52 Å². The van der Waals surface area contributed by atoms with Crippen molar-refractivity contribution < 1.29 is 4.42 Å². The number of aromatic nitrogens is 1. The molecular formula is C13H17ClN2O. The number of nitrogens with zero attached hydrogens (tertiary/aromatic N) is 2. The van der Waals surface area contributed by atoms with E-state index in [1.54, 1.807) is 0 Å². The van der Waals surface area contributed by atoms with Gasteiger partial charge in [-0.15, -0.1) is 11.6 Å². The van der Waals surface area contributed by atoms with E-state index in [0.717, 1.165) is 24.1 Å². The molecule has 0 amide bonds. The van der Waals surface area contributed by atoms with Gasteiger partial charge >= 0.3 is 0 Å². The minimum atomic E-state index is 0.353. The standard InChI is InChI=1S/C13H17ClN2O/c1-10(2)16(9-5-8-14)13-15-11-6-3-4-7-12(11)17-13/h3-4,6-7,10H,5,8-9H2,1-2H3. The summed E-state index contributed by atoms with van der Waals surface area (Å²) in [7, 11) is 0. The van der Waals surface area contributed by atoms with Crippen LogP contribution in [0.5, 0.6) is 0 Å². The smallest absolute Gasteiger partial charge is 0.298 e. The lowest BCUT2D eigenvalue weighted by molar-refractivity contribution is 0.536. The molecule has 92 valence electrons. The maximum Gasteiger partial charge on any atom is 0.298 e. The van der Waals surface area contributed by atoms with Crippen molar-refractivity contribution in [2.45, 2.75) is 26.3 Å². The highest BCUT2D eigenvalue weighted by atomic mass is 35.5. The molecule has 3 nitrogen and oxygen atoms in total. The second kappa shape index (κ2) is 5.41. The molecule has 2 aromatic rings. The zero-order valence-corrected chi connectivity index (χ0v) is 10.9. The van der Waals surface area contributed by atoms with Crippen LogP contribution in [0.1, 0.15) is 20.3 Å². The van der Waals surface area contributed by atoms with Gasteiger partial charge in [0.25, 0.3) is 6.01 Å². The van der Waals surface area contributed by atoms with Gasteiger partial charge in [0.05, 0.1) is 0 Å². The Kier molecular flexibility index (Phi) is 3.89. The molecule has 0 N–H and O–H groups in total. The molecule has 4 heteroatoms. The normalized spacial score (nSPS) is 11.3. The van der Waals surface area contributed by atoms with Crippen LogP contribution in [0.15, 0.2) is 28.7 Å². The maximum atomic E-state index is 5.76. The van der Waals surface area contributed by atoms with E-state index in [1.165, 1.54) is 0 Å². The molecule has 0 aliphatic heterocycles. The first-order valence-electron chi connectivity index (χ1n) is 5.90. The number of hydrogen-bond donors (Lipinski definition) is 0. The van der Waals surface area contributed by atoms with Gasteiger partial charge in [0, 0.05) is 18.5 Å². The predicted molar refractivity (Wildman–Crippen MR) is 71.8 cm³/mol. The van der Waals surface area contributed by atoms with E-state index in [0.29, 0.717) is 17.9 Å². The number of para-hydroxylation sites is 2. The van der Waals surface area contributed by atoms with Gasteiger partial charge in [0.2, 0.25) is 0 Å². The second-order valence-electron chi connectivity index (χ2n) is 4.29. The molecule has 0 aliphatic carbocycles. The van der Waals surface area contributed by atoms with Crippen LogP contribution in [-0.2, 0) is 0 Å². The van der Waals surface area contributed by atoms with Crippen LogP contribution in [0.4, 0.5) is 6.01 Å². The van der Waals surface area contributed by atoms with Crippen molar-refractivity contribution in [2.75, 3.05) is 17.3 Å². The summed E-state index contributed by atoms with van der Waals surface area (Å²) in [6.07, 6.45) is 0.929. The Morgan fingerprint density at radius 1 is 1.35 bits per heavy atom.